The Labute approximate surface area is 148 Å². The summed E-state index contributed by atoms with van der Waals surface area (Å²) in [5.41, 5.74) is 1.69. The van der Waals surface area contributed by atoms with Crippen LogP contribution in [0.15, 0.2) is 35.0 Å². The van der Waals surface area contributed by atoms with E-state index in [1.165, 1.54) is 4.90 Å². The zero-order valence-corrected chi connectivity index (χ0v) is 15.7. The van der Waals surface area contributed by atoms with E-state index in [9.17, 15) is 9.59 Å². The molecule has 25 heavy (non-hydrogen) atoms. The third-order valence-electron chi connectivity index (χ3n) is 3.56. The van der Waals surface area contributed by atoms with Crippen molar-refractivity contribution in [1.29, 1.82) is 0 Å². The third kappa shape index (κ3) is 4.92. The maximum atomic E-state index is 12.5. The molecule has 0 bridgehead atoms. The van der Waals surface area contributed by atoms with Crippen molar-refractivity contribution >= 4 is 29.5 Å². The molecule has 1 heterocycles. The Hall–Kier alpha value is -2.63. The van der Waals surface area contributed by atoms with E-state index in [2.05, 4.69) is 4.99 Å². The second kappa shape index (κ2) is 7.09. The van der Waals surface area contributed by atoms with Gasteiger partial charge in [-0.1, -0.05) is 12.1 Å². The van der Waals surface area contributed by atoms with Crippen molar-refractivity contribution in [2.45, 2.75) is 33.3 Å². The number of amidine groups is 1. The molecule has 0 fully saturated rings. The predicted octanol–water partition coefficient (Wildman–Crippen LogP) is 2.70. The minimum atomic E-state index is -0.586. The average Bonchev–Trinajstić information content (AvgIpc) is 2.73. The molecule has 6 heteroatoms. The lowest BCUT2D eigenvalue weighted by Gasteiger charge is -2.22. The van der Waals surface area contributed by atoms with Crippen LogP contribution in [0.5, 0.6) is 0 Å². The molecule has 0 aliphatic carbocycles. The molecule has 0 aromatic heterocycles. The molecule has 6 nitrogen and oxygen atoms in total. The number of nitrogens with zero attached hydrogens (tertiary/aromatic N) is 3. The van der Waals surface area contributed by atoms with Gasteiger partial charge in [0, 0.05) is 19.8 Å². The van der Waals surface area contributed by atoms with Crippen LogP contribution in [0.4, 0.5) is 5.69 Å². The molecule has 0 atom stereocenters. The van der Waals surface area contributed by atoms with Crippen molar-refractivity contribution in [3.05, 3.63) is 35.5 Å². The quantitative estimate of drug-likeness (QED) is 0.623. The molecule has 1 aliphatic heterocycles. The van der Waals surface area contributed by atoms with E-state index in [1.807, 2.05) is 43.3 Å². The summed E-state index contributed by atoms with van der Waals surface area (Å²) in [7, 11) is 3.94. The van der Waals surface area contributed by atoms with E-state index < -0.39 is 11.6 Å². The van der Waals surface area contributed by atoms with Gasteiger partial charge in [0.15, 0.2) is 0 Å². The van der Waals surface area contributed by atoms with E-state index >= 15 is 0 Å². The maximum absolute atomic E-state index is 12.5. The first kappa shape index (κ1) is 18.7. The summed E-state index contributed by atoms with van der Waals surface area (Å²) in [6, 6.07) is 7.80. The summed E-state index contributed by atoms with van der Waals surface area (Å²) >= 11 is 0. The highest BCUT2D eigenvalue weighted by Crippen LogP contribution is 2.20. The van der Waals surface area contributed by atoms with Crippen molar-refractivity contribution < 1.29 is 14.3 Å². The molecule has 1 aromatic rings. The van der Waals surface area contributed by atoms with Gasteiger partial charge in [-0.3, -0.25) is 14.5 Å². The Morgan fingerprint density at radius 1 is 1.24 bits per heavy atom. The number of amides is 1. The molecule has 1 aliphatic rings. The van der Waals surface area contributed by atoms with Crippen molar-refractivity contribution in [2.24, 2.45) is 4.99 Å². The fourth-order valence-corrected chi connectivity index (χ4v) is 2.38. The highest BCUT2D eigenvalue weighted by molar-refractivity contribution is 6.14. The monoisotopic (exact) mass is 343 g/mol. The number of benzene rings is 1. The Kier molecular flexibility index (Phi) is 5.30. The number of carbonyl (C=O) groups is 2. The summed E-state index contributed by atoms with van der Waals surface area (Å²) in [4.78, 5) is 32.1. The zero-order chi connectivity index (χ0) is 18.8. The van der Waals surface area contributed by atoms with Gasteiger partial charge in [-0.15, -0.1) is 0 Å². The molecular weight excluding hydrogens is 318 g/mol. The van der Waals surface area contributed by atoms with Crippen LogP contribution in [0.3, 0.4) is 0 Å². The van der Waals surface area contributed by atoms with Crippen LogP contribution < -0.4 is 4.90 Å². The van der Waals surface area contributed by atoms with Crippen molar-refractivity contribution in [3.63, 3.8) is 0 Å². The molecule has 134 valence electrons. The number of rotatable bonds is 4. The van der Waals surface area contributed by atoms with Crippen LogP contribution in [0.2, 0.25) is 0 Å². The minimum Gasteiger partial charge on any atom is -0.459 e. The fraction of sp³-hybridized carbons (Fsp3) is 0.421. The number of aliphatic imine (C=N–C) groups is 1. The predicted molar refractivity (Wildman–Crippen MR) is 99.4 cm³/mol. The Morgan fingerprint density at radius 2 is 1.84 bits per heavy atom. The van der Waals surface area contributed by atoms with Crippen molar-refractivity contribution in [3.8, 4) is 0 Å². The molecule has 0 radical (unpaired) electrons. The van der Waals surface area contributed by atoms with Gasteiger partial charge in [-0.25, -0.2) is 4.99 Å². The molecule has 2 rings (SSSR count). The van der Waals surface area contributed by atoms with E-state index in [4.69, 9.17) is 4.74 Å². The van der Waals surface area contributed by atoms with E-state index in [1.54, 1.807) is 33.8 Å². The van der Waals surface area contributed by atoms with Crippen molar-refractivity contribution in [1.82, 2.24) is 4.90 Å². The molecule has 0 saturated heterocycles. The smallest absolute Gasteiger partial charge is 0.326 e. The lowest BCUT2D eigenvalue weighted by Crippen LogP contribution is -2.38. The lowest BCUT2D eigenvalue weighted by atomic mass is 10.1. The van der Waals surface area contributed by atoms with Crippen LogP contribution in [0.25, 0.3) is 6.08 Å². The third-order valence-corrected chi connectivity index (χ3v) is 3.56. The second-order valence-electron chi connectivity index (χ2n) is 7.15. The van der Waals surface area contributed by atoms with Gasteiger partial charge in [0.05, 0.1) is 0 Å². The number of carbonyl (C=O) groups excluding carboxylic acids is 2. The topological polar surface area (TPSA) is 62.2 Å². The van der Waals surface area contributed by atoms with E-state index in [0.717, 1.165) is 11.3 Å². The van der Waals surface area contributed by atoms with Crippen LogP contribution in [0, 0.1) is 0 Å². The van der Waals surface area contributed by atoms with Gasteiger partial charge >= 0.3 is 5.97 Å². The summed E-state index contributed by atoms with van der Waals surface area (Å²) in [6.45, 7) is 6.95. The number of esters is 1. The lowest BCUT2D eigenvalue weighted by molar-refractivity contribution is -0.156. The Balaban J connectivity index is 2.12. The Morgan fingerprint density at radius 3 is 2.36 bits per heavy atom. The van der Waals surface area contributed by atoms with Crippen molar-refractivity contribution in [2.75, 3.05) is 25.5 Å². The highest BCUT2D eigenvalue weighted by atomic mass is 16.6. The number of anilines is 1. The van der Waals surface area contributed by atoms with E-state index in [0.29, 0.717) is 11.5 Å². The number of hydrogen-bond acceptors (Lipinski definition) is 5. The summed E-state index contributed by atoms with van der Waals surface area (Å²) in [6.07, 6.45) is 1.72. The highest BCUT2D eigenvalue weighted by Gasteiger charge is 2.30. The summed E-state index contributed by atoms with van der Waals surface area (Å²) < 4.78 is 5.27. The molecule has 1 aromatic carbocycles. The number of hydrogen-bond donors (Lipinski definition) is 0. The molecule has 0 saturated carbocycles. The van der Waals surface area contributed by atoms with Gasteiger partial charge in [0.25, 0.3) is 5.91 Å². The first-order valence-corrected chi connectivity index (χ1v) is 8.15. The number of ether oxygens (including phenoxy) is 1. The van der Waals surface area contributed by atoms with Gasteiger partial charge in [0.1, 0.15) is 23.7 Å². The first-order chi connectivity index (χ1) is 11.6. The zero-order valence-electron chi connectivity index (χ0n) is 15.7. The van der Waals surface area contributed by atoms with Crippen LogP contribution in [-0.4, -0.2) is 48.9 Å². The van der Waals surface area contributed by atoms with Gasteiger partial charge in [0.2, 0.25) is 0 Å². The van der Waals surface area contributed by atoms with Crippen LogP contribution in [-0.2, 0) is 14.3 Å². The maximum Gasteiger partial charge on any atom is 0.326 e. The van der Waals surface area contributed by atoms with Gasteiger partial charge < -0.3 is 9.64 Å². The molecule has 0 unspecified atom stereocenters. The Bertz CT molecular complexity index is 725. The average molecular weight is 343 g/mol. The SMILES string of the molecule is CC1=N/C(=C\c2ccc(N(C)C)cc2)C(=O)N1CC(=O)OC(C)(C)C. The molecule has 0 N–H and O–H groups in total. The first-order valence-electron chi connectivity index (χ1n) is 8.15. The summed E-state index contributed by atoms with van der Waals surface area (Å²) in [5.74, 6) is -0.251. The molecule has 0 spiro atoms. The fourth-order valence-electron chi connectivity index (χ4n) is 2.38. The van der Waals surface area contributed by atoms with E-state index in [-0.39, 0.29) is 12.5 Å². The second-order valence-corrected chi connectivity index (χ2v) is 7.15. The van der Waals surface area contributed by atoms with Gasteiger partial charge in [-0.05, 0) is 51.5 Å². The summed E-state index contributed by atoms with van der Waals surface area (Å²) in [5, 5.41) is 0. The normalized spacial score (nSPS) is 16.2. The van der Waals surface area contributed by atoms with Gasteiger partial charge in [-0.2, -0.15) is 0 Å². The largest absolute Gasteiger partial charge is 0.459 e. The minimum absolute atomic E-state index is 0.137. The molecular formula is C19H25N3O3. The molecule has 1 amide bonds. The van der Waals surface area contributed by atoms with Crippen LogP contribution in [0.1, 0.15) is 33.3 Å². The van der Waals surface area contributed by atoms with Crippen LogP contribution >= 0.6 is 0 Å². The standard InChI is InChI=1S/C19H25N3O3/c1-13-20-16(11-14-7-9-15(10-8-14)21(5)6)18(24)22(13)12-17(23)25-19(2,3)4/h7-11H,12H2,1-6H3/b16-11-.